The van der Waals surface area contributed by atoms with Gasteiger partial charge in [-0.3, -0.25) is 9.48 Å². The van der Waals surface area contributed by atoms with Crippen LogP contribution >= 0.6 is 0 Å². The third-order valence-electron chi connectivity index (χ3n) is 3.19. The van der Waals surface area contributed by atoms with Crippen LogP contribution in [0.5, 0.6) is 0 Å². The first kappa shape index (κ1) is 14.0. The molecule has 0 saturated carbocycles. The molecule has 0 spiro atoms. The van der Waals surface area contributed by atoms with Crippen LogP contribution in [0.2, 0.25) is 0 Å². The number of nitrogens with one attached hydrogen (secondary N) is 1. The number of likely N-dealkylation sites (tertiary alicyclic amines) is 1. The van der Waals surface area contributed by atoms with Crippen LogP contribution in [-0.2, 0) is 21.4 Å². The van der Waals surface area contributed by atoms with Gasteiger partial charge in [0.05, 0.1) is 6.20 Å². The Bertz CT molecular complexity index is 566. The number of carbonyl (C=O) groups excluding carboxylic acids is 1. The van der Waals surface area contributed by atoms with Crippen molar-refractivity contribution in [3.05, 3.63) is 12.4 Å². The monoisotopic (exact) mass is 286 g/mol. The first-order valence-electron chi connectivity index (χ1n) is 6.21. The molecule has 2 heterocycles. The third-order valence-corrected chi connectivity index (χ3v) is 4.67. The summed E-state index contributed by atoms with van der Waals surface area (Å²) in [7, 11) is -1.88. The van der Waals surface area contributed by atoms with E-state index < -0.39 is 10.0 Å². The summed E-state index contributed by atoms with van der Waals surface area (Å²) in [6, 6.07) is -0.238. The highest BCUT2D eigenvalue weighted by Crippen LogP contribution is 2.14. The van der Waals surface area contributed by atoms with Crippen LogP contribution in [-0.4, -0.2) is 48.6 Å². The SMILES string of the molecule is CCn1cc(S(=O)(=O)NC2CCC(=O)N(C)C2)cn1. The van der Waals surface area contributed by atoms with Gasteiger partial charge in [0.2, 0.25) is 15.9 Å². The number of aryl methyl sites for hydroxylation is 1. The Hall–Kier alpha value is -1.41. The summed E-state index contributed by atoms with van der Waals surface area (Å²) < 4.78 is 28.5. The molecule has 1 aromatic heterocycles. The van der Waals surface area contributed by atoms with Gasteiger partial charge in [-0.1, -0.05) is 0 Å². The van der Waals surface area contributed by atoms with Crippen molar-refractivity contribution in [3.63, 3.8) is 0 Å². The number of nitrogens with zero attached hydrogens (tertiary/aromatic N) is 3. The van der Waals surface area contributed by atoms with Crippen LogP contribution in [0.15, 0.2) is 17.3 Å². The zero-order valence-corrected chi connectivity index (χ0v) is 11.9. The van der Waals surface area contributed by atoms with Crippen molar-refractivity contribution in [2.75, 3.05) is 13.6 Å². The maximum absolute atomic E-state index is 12.1. The average Bonchev–Trinajstić information content (AvgIpc) is 2.83. The molecule has 106 valence electrons. The minimum Gasteiger partial charge on any atom is -0.344 e. The first-order valence-corrected chi connectivity index (χ1v) is 7.69. The Morgan fingerprint density at radius 3 is 2.84 bits per heavy atom. The minimum atomic E-state index is -3.56. The summed E-state index contributed by atoms with van der Waals surface area (Å²) in [4.78, 5) is 13.1. The molecule has 7 nitrogen and oxygen atoms in total. The van der Waals surface area contributed by atoms with Gasteiger partial charge in [0.25, 0.3) is 0 Å². The maximum Gasteiger partial charge on any atom is 0.244 e. The van der Waals surface area contributed by atoms with Crippen LogP contribution in [0.3, 0.4) is 0 Å². The third kappa shape index (κ3) is 3.13. The summed E-state index contributed by atoms with van der Waals surface area (Å²) in [6.07, 6.45) is 3.74. The number of hydrogen-bond acceptors (Lipinski definition) is 4. The topological polar surface area (TPSA) is 84.3 Å². The predicted molar refractivity (Wildman–Crippen MR) is 68.9 cm³/mol. The van der Waals surface area contributed by atoms with Crippen molar-refractivity contribution in [1.29, 1.82) is 0 Å². The van der Waals surface area contributed by atoms with Gasteiger partial charge in [0.1, 0.15) is 4.90 Å². The van der Waals surface area contributed by atoms with Crippen LogP contribution in [0.4, 0.5) is 0 Å². The zero-order valence-electron chi connectivity index (χ0n) is 11.0. The van der Waals surface area contributed by atoms with Gasteiger partial charge in [-0.25, -0.2) is 13.1 Å². The van der Waals surface area contributed by atoms with Gasteiger partial charge in [0, 0.05) is 38.8 Å². The van der Waals surface area contributed by atoms with Crippen LogP contribution in [0, 0.1) is 0 Å². The predicted octanol–water partition coefficient (Wildman–Crippen LogP) is -0.198. The summed E-state index contributed by atoms with van der Waals surface area (Å²) in [5.41, 5.74) is 0. The average molecular weight is 286 g/mol. The Morgan fingerprint density at radius 2 is 2.26 bits per heavy atom. The van der Waals surface area contributed by atoms with Crippen LogP contribution in [0.25, 0.3) is 0 Å². The summed E-state index contributed by atoms with van der Waals surface area (Å²) >= 11 is 0. The number of aromatic nitrogens is 2. The fourth-order valence-corrected chi connectivity index (χ4v) is 3.27. The number of rotatable bonds is 4. The molecule has 1 aromatic rings. The van der Waals surface area contributed by atoms with Crippen molar-refractivity contribution in [2.24, 2.45) is 0 Å². The van der Waals surface area contributed by atoms with E-state index in [4.69, 9.17) is 0 Å². The second-order valence-electron chi connectivity index (χ2n) is 4.66. The lowest BCUT2D eigenvalue weighted by Crippen LogP contribution is -2.48. The van der Waals surface area contributed by atoms with Crippen LogP contribution in [0.1, 0.15) is 19.8 Å². The smallest absolute Gasteiger partial charge is 0.244 e. The highest BCUT2D eigenvalue weighted by atomic mass is 32.2. The molecule has 1 aliphatic rings. The maximum atomic E-state index is 12.1. The van der Waals surface area contributed by atoms with E-state index in [1.807, 2.05) is 6.92 Å². The summed E-state index contributed by atoms with van der Waals surface area (Å²) in [5.74, 6) is 0.0502. The van der Waals surface area contributed by atoms with E-state index >= 15 is 0 Å². The Labute approximate surface area is 112 Å². The lowest BCUT2D eigenvalue weighted by atomic mass is 10.1. The molecule has 0 bridgehead atoms. The van der Waals surface area contributed by atoms with Crippen molar-refractivity contribution >= 4 is 15.9 Å². The summed E-state index contributed by atoms with van der Waals surface area (Å²) in [5, 5.41) is 3.95. The molecule has 8 heteroatoms. The molecule has 1 unspecified atom stereocenters. The van der Waals surface area contributed by atoms with Gasteiger partial charge in [-0.2, -0.15) is 5.10 Å². The molecule has 1 atom stereocenters. The van der Waals surface area contributed by atoms with Gasteiger partial charge in [-0.15, -0.1) is 0 Å². The van der Waals surface area contributed by atoms with Gasteiger partial charge < -0.3 is 4.90 Å². The molecular formula is C11H18N4O3S. The van der Waals surface area contributed by atoms with E-state index in [1.54, 1.807) is 16.6 Å². The molecular weight excluding hydrogens is 268 g/mol. The largest absolute Gasteiger partial charge is 0.344 e. The highest BCUT2D eigenvalue weighted by Gasteiger charge is 2.27. The molecule has 0 aromatic carbocycles. The van der Waals surface area contributed by atoms with E-state index in [9.17, 15) is 13.2 Å². The first-order chi connectivity index (χ1) is 8.92. The normalized spacial score (nSPS) is 20.8. The second kappa shape index (κ2) is 5.30. The van der Waals surface area contributed by atoms with Crippen molar-refractivity contribution < 1.29 is 13.2 Å². The van der Waals surface area contributed by atoms with E-state index in [1.165, 1.54) is 12.4 Å². The molecule has 0 radical (unpaired) electrons. The zero-order chi connectivity index (χ0) is 14.0. The van der Waals surface area contributed by atoms with E-state index in [0.717, 1.165) is 0 Å². The standard InChI is InChI=1S/C11H18N4O3S/c1-3-15-8-10(6-12-15)19(17,18)13-9-4-5-11(16)14(2)7-9/h6,8-9,13H,3-5,7H2,1-2H3. The Kier molecular flexibility index (Phi) is 3.91. The van der Waals surface area contributed by atoms with Crippen molar-refractivity contribution in [1.82, 2.24) is 19.4 Å². The fourth-order valence-electron chi connectivity index (χ4n) is 2.05. The van der Waals surface area contributed by atoms with E-state index in [0.29, 0.717) is 25.9 Å². The number of carbonyl (C=O) groups is 1. The van der Waals surface area contributed by atoms with Gasteiger partial charge in [-0.05, 0) is 13.3 Å². The van der Waals surface area contributed by atoms with Crippen LogP contribution < -0.4 is 4.72 Å². The molecule has 1 aliphatic heterocycles. The molecule has 1 fully saturated rings. The van der Waals surface area contributed by atoms with Gasteiger partial charge in [0.15, 0.2) is 0 Å². The lowest BCUT2D eigenvalue weighted by Gasteiger charge is -2.29. The number of likely N-dealkylation sites (N-methyl/N-ethyl adjacent to an activating group) is 1. The van der Waals surface area contributed by atoms with E-state index in [2.05, 4.69) is 9.82 Å². The second-order valence-corrected chi connectivity index (χ2v) is 6.38. The number of amides is 1. The number of sulfonamides is 1. The minimum absolute atomic E-state index is 0.0502. The lowest BCUT2D eigenvalue weighted by molar-refractivity contribution is -0.132. The number of piperidine rings is 1. The highest BCUT2D eigenvalue weighted by molar-refractivity contribution is 7.89. The van der Waals surface area contributed by atoms with Gasteiger partial charge >= 0.3 is 0 Å². The van der Waals surface area contributed by atoms with E-state index in [-0.39, 0.29) is 16.8 Å². The quantitative estimate of drug-likeness (QED) is 0.831. The Balaban J connectivity index is 2.07. The molecule has 2 rings (SSSR count). The number of hydrogen-bond donors (Lipinski definition) is 1. The molecule has 1 amide bonds. The molecule has 19 heavy (non-hydrogen) atoms. The van der Waals surface area contributed by atoms with Crippen molar-refractivity contribution in [3.8, 4) is 0 Å². The molecule has 1 saturated heterocycles. The summed E-state index contributed by atoms with van der Waals surface area (Å²) in [6.45, 7) is 2.91. The molecule has 1 N–H and O–H groups in total. The van der Waals surface area contributed by atoms with Crippen molar-refractivity contribution in [2.45, 2.75) is 37.2 Å². The fraction of sp³-hybridized carbons (Fsp3) is 0.636. The molecule has 0 aliphatic carbocycles. The Morgan fingerprint density at radius 1 is 1.53 bits per heavy atom.